The first-order valence-corrected chi connectivity index (χ1v) is 9.70. The molecule has 1 saturated heterocycles. The Morgan fingerprint density at radius 2 is 1.81 bits per heavy atom. The number of likely N-dealkylation sites (N-methyl/N-ethyl adjacent to an activating group) is 1. The second-order valence-corrected chi connectivity index (χ2v) is 8.28. The lowest BCUT2D eigenvalue weighted by Gasteiger charge is -2.31. The van der Waals surface area contributed by atoms with E-state index in [0.717, 1.165) is 49.6 Å². The fourth-order valence-corrected chi connectivity index (χ4v) is 3.90. The molecular formula is C22H28N3O2+. The number of carbonyl (C=O) groups is 1. The number of nitrogens with zero attached hydrogens (tertiary/aromatic N) is 1. The van der Waals surface area contributed by atoms with Gasteiger partial charge in [-0.05, 0) is 49.7 Å². The third-order valence-corrected chi connectivity index (χ3v) is 5.44. The summed E-state index contributed by atoms with van der Waals surface area (Å²) in [7, 11) is 2.24. The van der Waals surface area contributed by atoms with Crippen molar-refractivity contribution in [1.82, 2.24) is 0 Å². The van der Waals surface area contributed by atoms with Gasteiger partial charge in [0.1, 0.15) is 11.4 Å². The zero-order chi connectivity index (χ0) is 19.0. The Bertz CT molecular complexity index is 837. The molecule has 2 aliphatic rings. The van der Waals surface area contributed by atoms with Crippen LogP contribution in [0.5, 0.6) is 5.75 Å². The molecule has 27 heavy (non-hydrogen) atoms. The lowest BCUT2D eigenvalue weighted by molar-refractivity contribution is -0.880. The molecule has 2 heterocycles. The van der Waals surface area contributed by atoms with Crippen molar-refractivity contribution in [3.8, 4) is 5.75 Å². The molecule has 0 aromatic heterocycles. The average molecular weight is 366 g/mol. The topological polar surface area (TPSA) is 46.0 Å². The van der Waals surface area contributed by atoms with E-state index in [2.05, 4.69) is 29.4 Å². The minimum Gasteiger partial charge on any atom is -0.486 e. The Kier molecular flexibility index (Phi) is 4.56. The van der Waals surface area contributed by atoms with Crippen molar-refractivity contribution in [2.24, 2.45) is 0 Å². The number of nitrogens with one attached hydrogen (secondary N) is 2. The smallest absolute Gasteiger partial charge is 0.259 e. The maximum absolute atomic E-state index is 12.8. The summed E-state index contributed by atoms with van der Waals surface area (Å²) in [5.41, 5.74) is 3.46. The maximum atomic E-state index is 12.8. The van der Waals surface area contributed by atoms with Crippen LogP contribution >= 0.6 is 0 Å². The molecule has 1 amide bonds. The number of para-hydroxylation sites is 1. The van der Waals surface area contributed by atoms with Crippen LogP contribution in [0.25, 0.3) is 0 Å². The summed E-state index contributed by atoms with van der Waals surface area (Å²) in [5, 5.41) is 3.01. The van der Waals surface area contributed by atoms with Gasteiger partial charge in [0.25, 0.3) is 5.91 Å². The van der Waals surface area contributed by atoms with E-state index in [4.69, 9.17) is 4.74 Å². The highest BCUT2D eigenvalue weighted by Gasteiger charge is 2.33. The standard InChI is InChI=1S/C22H27N3O2/c1-22(2)15-16-5-4-6-19(20(16)27-22)21(26)23-17-7-9-18(10-8-17)25-13-11-24(3)12-14-25/h4-10H,11-15H2,1-3H3,(H,23,26)/p+1. The Morgan fingerprint density at radius 3 is 2.52 bits per heavy atom. The molecule has 0 atom stereocenters. The SMILES string of the molecule is C[NH+]1CCN(c2ccc(NC(=O)c3cccc4c3OC(C)(C)C4)cc2)CC1. The van der Waals surface area contributed by atoms with Crippen LogP contribution in [-0.4, -0.2) is 44.7 Å². The van der Waals surface area contributed by atoms with Gasteiger partial charge in [-0.1, -0.05) is 12.1 Å². The predicted molar refractivity (Wildman–Crippen MR) is 108 cm³/mol. The summed E-state index contributed by atoms with van der Waals surface area (Å²) in [6.45, 7) is 8.56. The number of carbonyl (C=O) groups excluding carboxylic acids is 1. The molecule has 0 spiro atoms. The number of hydrogen-bond acceptors (Lipinski definition) is 3. The van der Waals surface area contributed by atoms with Gasteiger partial charge in [0.2, 0.25) is 0 Å². The van der Waals surface area contributed by atoms with Crippen LogP contribution in [-0.2, 0) is 6.42 Å². The molecule has 4 rings (SSSR count). The Hall–Kier alpha value is -2.53. The van der Waals surface area contributed by atoms with Crippen molar-refractivity contribution in [2.75, 3.05) is 43.4 Å². The molecule has 2 aromatic carbocycles. The van der Waals surface area contributed by atoms with Crippen molar-refractivity contribution in [2.45, 2.75) is 25.9 Å². The highest BCUT2D eigenvalue weighted by atomic mass is 16.5. The van der Waals surface area contributed by atoms with E-state index >= 15 is 0 Å². The van der Waals surface area contributed by atoms with Crippen LogP contribution < -0.4 is 19.9 Å². The van der Waals surface area contributed by atoms with Gasteiger partial charge in [-0.15, -0.1) is 0 Å². The van der Waals surface area contributed by atoms with Gasteiger partial charge < -0.3 is 19.9 Å². The van der Waals surface area contributed by atoms with E-state index in [-0.39, 0.29) is 11.5 Å². The number of quaternary nitrogens is 1. The molecule has 0 aliphatic carbocycles. The number of fused-ring (bicyclic) bond motifs is 1. The molecule has 5 heteroatoms. The molecule has 2 N–H and O–H groups in total. The third kappa shape index (κ3) is 3.78. The minimum atomic E-state index is -0.259. The summed E-state index contributed by atoms with van der Waals surface area (Å²) in [5.74, 6) is 0.594. The van der Waals surface area contributed by atoms with Crippen molar-refractivity contribution in [3.05, 3.63) is 53.6 Å². The molecule has 0 unspecified atom stereocenters. The van der Waals surface area contributed by atoms with Gasteiger partial charge in [0.05, 0.1) is 38.8 Å². The fraction of sp³-hybridized carbons (Fsp3) is 0.409. The first-order valence-electron chi connectivity index (χ1n) is 9.70. The van der Waals surface area contributed by atoms with Crippen molar-refractivity contribution in [1.29, 1.82) is 0 Å². The molecule has 0 bridgehead atoms. The molecular weight excluding hydrogens is 338 g/mol. The zero-order valence-corrected chi connectivity index (χ0v) is 16.3. The van der Waals surface area contributed by atoms with Crippen LogP contribution in [0.3, 0.4) is 0 Å². The van der Waals surface area contributed by atoms with Gasteiger partial charge in [-0.25, -0.2) is 0 Å². The number of hydrogen-bond donors (Lipinski definition) is 2. The van der Waals surface area contributed by atoms with Gasteiger partial charge in [0, 0.05) is 17.8 Å². The van der Waals surface area contributed by atoms with Crippen LogP contribution in [0.4, 0.5) is 11.4 Å². The number of ether oxygens (including phenoxy) is 1. The average Bonchev–Trinajstić information content (AvgIpc) is 2.96. The van der Waals surface area contributed by atoms with E-state index in [1.54, 1.807) is 4.90 Å². The summed E-state index contributed by atoms with van der Waals surface area (Å²) in [6, 6.07) is 13.9. The van der Waals surface area contributed by atoms with Gasteiger partial charge in [-0.2, -0.15) is 0 Å². The third-order valence-electron chi connectivity index (χ3n) is 5.44. The number of anilines is 2. The quantitative estimate of drug-likeness (QED) is 0.873. The lowest BCUT2D eigenvalue weighted by Crippen LogP contribution is -3.12. The zero-order valence-electron chi connectivity index (χ0n) is 16.3. The second-order valence-electron chi connectivity index (χ2n) is 8.28. The Balaban J connectivity index is 1.46. The van der Waals surface area contributed by atoms with Crippen LogP contribution in [0, 0.1) is 0 Å². The van der Waals surface area contributed by atoms with Crippen molar-refractivity contribution >= 4 is 17.3 Å². The summed E-state index contributed by atoms with van der Waals surface area (Å²) in [4.78, 5) is 16.8. The first kappa shape index (κ1) is 17.9. The van der Waals surface area contributed by atoms with E-state index in [0.29, 0.717) is 5.56 Å². The maximum Gasteiger partial charge on any atom is 0.259 e. The van der Waals surface area contributed by atoms with E-state index in [1.165, 1.54) is 5.69 Å². The summed E-state index contributed by atoms with van der Waals surface area (Å²) >= 11 is 0. The molecule has 5 nitrogen and oxygen atoms in total. The van der Waals surface area contributed by atoms with Crippen molar-refractivity contribution < 1.29 is 14.4 Å². The highest BCUT2D eigenvalue weighted by Crippen LogP contribution is 2.37. The van der Waals surface area contributed by atoms with Crippen LogP contribution in [0.15, 0.2) is 42.5 Å². The van der Waals surface area contributed by atoms with E-state index in [1.807, 2.05) is 44.2 Å². The molecule has 1 fully saturated rings. The Labute approximate surface area is 160 Å². The molecule has 2 aliphatic heterocycles. The van der Waals surface area contributed by atoms with Crippen LogP contribution in [0.2, 0.25) is 0 Å². The monoisotopic (exact) mass is 366 g/mol. The second kappa shape index (κ2) is 6.89. The fourth-order valence-electron chi connectivity index (χ4n) is 3.90. The highest BCUT2D eigenvalue weighted by molar-refractivity contribution is 6.06. The molecule has 0 radical (unpaired) electrons. The number of benzene rings is 2. The predicted octanol–water partition coefficient (Wildman–Crippen LogP) is 1.99. The summed E-state index contributed by atoms with van der Waals surface area (Å²) in [6.07, 6.45) is 0.824. The Morgan fingerprint density at radius 1 is 1.11 bits per heavy atom. The number of amides is 1. The first-order chi connectivity index (χ1) is 12.9. The van der Waals surface area contributed by atoms with Crippen molar-refractivity contribution in [3.63, 3.8) is 0 Å². The number of piperazine rings is 1. The van der Waals surface area contributed by atoms with Crippen LogP contribution in [0.1, 0.15) is 29.8 Å². The molecule has 142 valence electrons. The minimum absolute atomic E-state index is 0.125. The van der Waals surface area contributed by atoms with E-state index in [9.17, 15) is 4.79 Å². The van der Waals surface area contributed by atoms with Gasteiger partial charge in [0.15, 0.2) is 0 Å². The van der Waals surface area contributed by atoms with E-state index < -0.39 is 0 Å². The lowest BCUT2D eigenvalue weighted by atomic mass is 10.0. The van der Waals surface area contributed by atoms with Gasteiger partial charge >= 0.3 is 0 Å². The molecule has 2 aromatic rings. The molecule has 0 saturated carbocycles. The summed E-state index contributed by atoms with van der Waals surface area (Å²) < 4.78 is 6.02. The number of rotatable bonds is 3. The largest absolute Gasteiger partial charge is 0.486 e. The van der Waals surface area contributed by atoms with Gasteiger partial charge in [-0.3, -0.25) is 4.79 Å². The normalized spacial score (nSPS) is 18.7.